The minimum Gasteiger partial charge on any atom is -0.330 e. The predicted molar refractivity (Wildman–Crippen MR) is 106 cm³/mol. The molecular weight excluding hydrogens is 326 g/mol. The second-order valence-corrected chi connectivity index (χ2v) is 8.75. The number of amides is 1. The molecule has 3 rings (SSSR count). The van der Waals surface area contributed by atoms with Crippen LogP contribution in [0.2, 0.25) is 0 Å². The van der Waals surface area contributed by atoms with Crippen LogP contribution in [0.1, 0.15) is 31.4 Å². The Kier molecular flexibility index (Phi) is 5.33. The van der Waals surface area contributed by atoms with E-state index in [2.05, 4.69) is 56.8 Å². The van der Waals surface area contributed by atoms with Crippen LogP contribution < -0.4 is 0 Å². The van der Waals surface area contributed by atoms with E-state index < -0.39 is 0 Å². The quantitative estimate of drug-likeness (QED) is 0.678. The van der Waals surface area contributed by atoms with Crippen LogP contribution in [0.25, 0.3) is 0 Å². The summed E-state index contributed by atoms with van der Waals surface area (Å²) in [7, 11) is 0. The second-order valence-electron chi connectivity index (χ2n) is 7.12. The van der Waals surface area contributed by atoms with Gasteiger partial charge in [-0.15, -0.1) is 11.8 Å². The minimum atomic E-state index is -0.0419. The van der Waals surface area contributed by atoms with Crippen molar-refractivity contribution in [3.05, 3.63) is 83.9 Å². The van der Waals surface area contributed by atoms with Crippen molar-refractivity contribution in [3.8, 4) is 0 Å². The van der Waals surface area contributed by atoms with Crippen molar-refractivity contribution in [2.75, 3.05) is 0 Å². The Morgan fingerprint density at radius 2 is 1.60 bits per heavy atom. The van der Waals surface area contributed by atoms with Crippen molar-refractivity contribution in [3.63, 3.8) is 0 Å². The smallest absolute Gasteiger partial charge is 0.249 e. The fourth-order valence-electron chi connectivity index (χ4n) is 3.30. The van der Waals surface area contributed by atoms with Gasteiger partial charge >= 0.3 is 0 Å². The molecule has 0 bridgehead atoms. The first-order chi connectivity index (χ1) is 12.0. The zero-order valence-corrected chi connectivity index (χ0v) is 15.8. The Bertz CT molecular complexity index is 739. The summed E-state index contributed by atoms with van der Waals surface area (Å²) in [5.41, 5.74) is 3.21. The summed E-state index contributed by atoms with van der Waals surface area (Å²) in [5.74, 6) is 1.05. The molecule has 1 aliphatic heterocycles. The number of carbonyl (C=O) groups is 1. The fourth-order valence-corrected chi connectivity index (χ4v) is 4.43. The van der Waals surface area contributed by atoms with Gasteiger partial charge < -0.3 is 4.90 Å². The number of nitrogens with zero attached hydrogens (tertiary/aromatic N) is 1. The first kappa shape index (κ1) is 17.8. The molecule has 1 aliphatic rings. The Balaban J connectivity index is 1.75. The number of benzene rings is 2. The summed E-state index contributed by atoms with van der Waals surface area (Å²) >= 11 is 1.91. The molecule has 3 heteroatoms. The van der Waals surface area contributed by atoms with Crippen molar-refractivity contribution in [1.82, 2.24) is 4.90 Å². The normalized spacial score (nSPS) is 18.0. The number of carbonyl (C=O) groups excluding carboxylic acids is 1. The van der Waals surface area contributed by atoms with Gasteiger partial charge in [0.25, 0.3) is 0 Å². The number of thioether (sulfide) groups is 1. The standard InChI is InChI=1S/C22H25NOS/c1-17-14-20(22(2,3)25-16-19-12-8-5-9-13-19)23(21(17)24)15-18-10-6-4-7-11-18/h4-13,20H,1,14-16H2,2-3H3. The molecule has 0 aromatic heterocycles. The van der Waals surface area contributed by atoms with Crippen LogP contribution in [0.15, 0.2) is 72.8 Å². The maximum Gasteiger partial charge on any atom is 0.249 e. The average molecular weight is 352 g/mol. The largest absolute Gasteiger partial charge is 0.330 e. The third-order valence-electron chi connectivity index (χ3n) is 4.83. The van der Waals surface area contributed by atoms with E-state index in [1.54, 1.807) is 0 Å². The highest BCUT2D eigenvalue weighted by Gasteiger charge is 2.43. The molecule has 0 aliphatic carbocycles. The van der Waals surface area contributed by atoms with Gasteiger partial charge in [-0.25, -0.2) is 0 Å². The summed E-state index contributed by atoms with van der Waals surface area (Å²) in [6.07, 6.45) is 0.750. The van der Waals surface area contributed by atoms with Crippen molar-refractivity contribution in [1.29, 1.82) is 0 Å². The van der Waals surface area contributed by atoms with Gasteiger partial charge in [0.2, 0.25) is 5.91 Å². The highest BCUT2D eigenvalue weighted by atomic mass is 32.2. The molecule has 0 saturated carbocycles. The molecule has 1 amide bonds. The highest BCUT2D eigenvalue weighted by molar-refractivity contribution is 7.99. The average Bonchev–Trinajstić information content (AvgIpc) is 2.91. The van der Waals surface area contributed by atoms with Crippen LogP contribution in [0.3, 0.4) is 0 Å². The van der Waals surface area contributed by atoms with Gasteiger partial charge in [0.05, 0.1) is 6.04 Å². The lowest BCUT2D eigenvalue weighted by Crippen LogP contribution is -2.44. The van der Waals surface area contributed by atoms with Crippen LogP contribution in [0.4, 0.5) is 0 Å². The van der Waals surface area contributed by atoms with E-state index in [9.17, 15) is 4.79 Å². The Hall–Kier alpha value is -2.00. The molecule has 2 nitrogen and oxygen atoms in total. The molecule has 2 aromatic carbocycles. The Morgan fingerprint density at radius 3 is 2.20 bits per heavy atom. The molecule has 1 heterocycles. The van der Waals surface area contributed by atoms with Crippen molar-refractivity contribution in [2.45, 2.75) is 43.4 Å². The van der Waals surface area contributed by atoms with Crippen LogP contribution in [-0.4, -0.2) is 21.6 Å². The molecule has 0 radical (unpaired) electrons. The van der Waals surface area contributed by atoms with Gasteiger partial charge in [0, 0.05) is 22.6 Å². The molecule has 0 spiro atoms. The number of hydrogen-bond acceptors (Lipinski definition) is 2. The second kappa shape index (κ2) is 7.49. The summed E-state index contributed by atoms with van der Waals surface area (Å²) in [5, 5.41) is 0. The van der Waals surface area contributed by atoms with Crippen LogP contribution in [0.5, 0.6) is 0 Å². The van der Waals surface area contributed by atoms with E-state index in [4.69, 9.17) is 0 Å². The fraction of sp³-hybridized carbons (Fsp3) is 0.318. The lowest BCUT2D eigenvalue weighted by molar-refractivity contribution is -0.127. The van der Waals surface area contributed by atoms with E-state index in [0.29, 0.717) is 6.54 Å². The Morgan fingerprint density at radius 1 is 1.04 bits per heavy atom. The lowest BCUT2D eigenvalue weighted by Gasteiger charge is -2.37. The van der Waals surface area contributed by atoms with Crippen LogP contribution in [-0.2, 0) is 17.1 Å². The number of likely N-dealkylation sites (tertiary alicyclic amines) is 1. The van der Waals surface area contributed by atoms with Gasteiger partial charge in [-0.3, -0.25) is 4.79 Å². The first-order valence-electron chi connectivity index (χ1n) is 8.68. The molecule has 2 aromatic rings. The Labute approximate surface area is 154 Å². The van der Waals surface area contributed by atoms with E-state index in [-0.39, 0.29) is 16.7 Å². The summed E-state index contributed by atoms with van der Waals surface area (Å²) in [6.45, 7) is 9.15. The van der Waals surface area contributed by atoms with Gasteiger partial charge in [0.15, 0.2) is 0 Å². The molecule has 1 saturated heterocycles. The lowest BCUT2D eigenvalue weighted by atomic mass is 9.99. The number of rotatable bonds is 6. The van der Waals surface area contributed by atoms with E-state index in [0.717, 1.165) is 17.7 Å². The van der Waals surface area contributed by atoms with Crippen molar-refractivity contribution < 1.29 is 4.79 Å². The summed E-state index contributed by atoms with van der Waals surface area (Å²) in [4.78, 5) is 14.7. The van der Waals surface area contributed by atoms with E-state index >= 15 is 0 Å². The van der Waals surface area contributed by atoms with Gasteiger partial charge in [0.1, 0.15) is 0 Å². The van der Waals surface area contributed by atoms with Crippen molar-refractivity contribution >= 4 is 17.7 Å². The molecule has 130 valence electrons. The van der Waals surface area contributed by atoms with Crippen LogP contribution in [0, 0.1) is 0 Å². The zero-order valence-electron chi connectivity index (χ0n) is 14.9. The van der Waals surface area contributed by atoms with Crippen LogP contribution >= 0.6 is 11.8 Å². The van der Waals surface area contributed by atoms with Gasteiger partial charge in [-0.1, -0.05) is 67.2 Å². The summed E-state index contributed by atoms with van der Waals surface area (Å²) < 4.78 is -0.0419. The molecule has 1 unspecified atom stereocenters. The molecule has 1 atom stereocenters. The van der Waals surface area contributed by atoms with Crippen molar-refractivity contribution in [2.24, 2.45) is 0 Å². The van der Waals surface area contributed by atoms with Gasteiger partial charge in [-0.2, -0.15) is 0 Å². The summed E-state index contributed by atoms with van der Waals surface area (Å²) in [6, 6.07) is 20.9. The zero-order chi connectivity index (χ0) is 17.9. The third-order valence-corrected chi connectivity index (χ3v) is 6.32. The van der Waals surface area contributed by atoms with E-state index in [1.165, 1.54) is 11.1 Å². The molecule has 1 fully saturated rings. The third kappa shape index (κ3) is 4.16. The molecular formula is C22H25NOS. The maximum atomic E-state index is 12.7. The topological polar surface area (TPSA) is 20.3 Å². The highest BCUT2D eigenvalue weighted by Crippen LogP contribution is 2.40. The molecule has 0 N–H and O–H groups in total. The van der Waals surface area contributed by atoms with E-state index in [1.807, 2.05) is 40.9 Å². The maximum absolute atomic E-state index is 12.7. The van der Waals surface area contributed by atoms with Gasteiger partial charge in [-0.05, 0) is 31.4 Å². The number of hydrogen-bond donors (Lipinski definition) is 0. The molecule has 25 heavy (non-hydrogen) atoms. The SMILES string of the molecule is C=C1CC(C(C)(C)SCc2ccccc2)N(Cc2ccccc2)C1=O. The predicted octanol–water partition coefficient (Wildman–Crippen LogP) is 5.06. The minimum absolute atomic E-state index is 0.0419. The first-order valence-corrected chi connectivity index (χ1v) is 9.66. The monoisotopic (exact) mass is 351 g/mol.